The van der Waals surface area contributed by atoms with Crippen LogP contribution in [0.15, 0.2) is 42.7 Å². The highest BCUT2D eigenvalue weighted by atomic mass is 16.5. The van der Waals surface area contributed by atoms with E-state index in [1.165, 1.54) is 7.11 Å². The van der Waals surface area contributed by atoms with Crippen LogP contribution < -0.4 is 11.1 Å². The number of ether oxygens (including phenoxy) is 1. The quantitative estimate of drug-likeness (QED) is 0.818. The summed E-state index contributed by atoms with van der Waals surface area (Å²) in [5.41, 5.74) is 7.23. The van der Waals surface area contributed by atoms with Crippen LogP contribution in [0.4, 0.5) is 5.69 Å². The maximum Gasteiger partial charge on any atom is 0.254 e. The highest BCUT2D eigenvalue weighted by molar-refractivity contribution is 5.94. The van der Waals surface area contributed by atoms with Crippen molar-refractivity contribution >= 4 is 11.6 Å². The number of nitrogens with two attached hydrogens (primary N) is 1. The molecule has 1 amide bonds. The minimum atomic E-state index is -0.634. The van der Waals surface area contributed by atoms with Gasteiger partial charge in [-0.25, -0.2) is 0 Å². The standard InChI is InChI=1S/C14H18N4O2/c1-20-13(9-15)14(19)17-12-5-2-4-11(8-12)10-18-7-3-6-16-18/h2-8,13H,9-10,15H2,1H3,(H,17,19). The maximum atomic E-state index is 11.9. The van der Waals surface area contributed by atoms with Crippen LogP contribution in [-0.2, 0) is 16.1 Å². The van der Waals surface area contributed by atoms with Gasteiger partial charge in [0, 0.05) is 31.7 Å². The number of aromatic nitrogens is 2. The minimum Gasteiger partial charge on any atom is -0.370 e. The van der Waals surface area contributed by atoms with Crippen molar-refractivity contribution in [3.05, 3.63) is 48.3 Å². The molecule has 1 unspecified atom stereocenters. The third-order valence-corrected chi connectivity index (χ3v) is 2.89. The van der Waals surface area contributed by atoms with Crippen molar-refractivity contribution in [1.29, 1.82) is 0 Å². The molecule has 0 saturated heterocycles. The summed E-state index contributed by atoms with van der Waals surface area (Å²) in [5.74, 6) is -0.244. The van der Waals surface area contributed by atoms with Gasteiger partial charge in [-0.05, 0) is 23.8 Å². The summed E-state index contributed by atoms with van der Waals surface area (Å²) < 4.78 is 6.82. The van der Waals surface area contributed by atoms with E-state index in [0.717, 1.165) is 11.3 Å². The molecule has 3 N–H and O–H groups in total. The fraction of sp³-hybridized carbons (Fsp3) is 0.286. The van der Waals surface area contributed by atoms with Gasteiger partial charge in [0.25, 0.3) is 5.91 Å². The number of amides is 1. The van der Waals surface area contributed by atoms with Gasteiger partial charge in [-0.2, -0.15) is 5.10 Å². The van der Waals surface area contributed by atoms with Crippen LogP contribution in [0.2, 0.25) is 0 Å². The highest BCUT2D eigenvalue weighted by Gasteiger charge is 2.15. The number of rotatable bonds is 6. The van der Waals surface area contributed by atoms with Crippen molar-refractivity contribution in [2.24, 2.45) is 5.73 Å². The summed E-state index contributed by atoms with van der Waals surface area (Å²) in [5, 5.41) is 6.94. The molecule has 106 valence electrons. The summed E-state index contributed by atoms with van der Waals surface area (Å²) in [7, 11) is 1.46. The topological polar surface area (TPSA) is 82.2 Å². The van der Waals surface area contributed by atoms with Gasteiger partial charge >= 0.3 is 0 Å². The number of hydrogen-bond acceptors (Lipinski definition) is 4. The molecule has 2 rings (SSSR count). The molecule has 1 aromatic carbocycles. The molecule has 1 heterocycles. The third-order valence-electron chi connectivity index (χ3n) is 2.89. The number of nitrogens with one attached hydrogen (secondary N) is 1. The summed E-state index contributed by atoms with van der Waals surface area (Å²) in [6, 6.07) is 9.47. The zero-order valence-electron chi connectivity index (χ0n) is 11.3. The number of carbonyl (C=O) groups is 1. The Bertz CT molecular complexity index is 550. The van der Waals surface area contributed by atoms with Gasteiger partial charge in [0.15, 0.2) is 0 Å². The molecular weight excluding hydrogens is 256 g/mol. The number of carbonyl (C=O) groups excluding carboxylic acids is 1. The Morgan fingerprint density at radius 2 is 2.35 bits per heavy atom. The SMILES string of the molecule is COC(CN)C(=O)Nc1cccc(Cn2cccn2)c1. The van der Waals surface area contributed by atoms with E-state index in [9.17, 15) is 4.79 Å². The van der Waals surface area contributed by atoms with Gasteiger partial charge in [-0.3, -0.25) is 9.48 Å². The van der Waals surface area contributed by atoms with E-state index in [1.54, 1.807) is 6.20 Å². The maximum absolute atomic E-state index is 11.9. The van der Waals surface area contributed by atoms with Gasteiger partial charge in [0.2, 0.25) is 0 Å². The Morgan fingerprint density at radius 1 is 1.50 bits per heavy atom. The smallest absolute Gasteiger partial charge is 0.254 e. The first-order valence-corrected chi connectivity index (χ1v) is 6.33. The van der Waals surface area contributed by atoms with Gasteiger partial charge in [0.1, 0.15) is 6.10 Å². The van der Waals surface area contributed by atoms with Crippen LogP contribution >= 0.6 is 0 Å². The van der Waals surface area contributed by atoms with Crippen LogP contribution in [-0.4, -0.2) is 35.4 Å². The molecule has 0 bridgehead atoms. The third kappa shape index (κ3) is 3.66. The number of anilines is 1. The molecule has 0 aliphatic rings. The lowest BCUT2D eigenvalue weighted by molar-refractivity contribution is -0.125. The molecule has 20 heavy (non-hydrogen) atoms. The summed E-state index contributed by atoms with van der Waals surface area (Å²) in [6.07, 6.45) is 2.99. The Morgan fingerprint density at radius 3 is 3.00 bits per heavy atom. The second-order valence-electron chi connectivity index (χ2n) is 4.35. The molecule has 0 aliphatic heterocycles. The van der Waals surface area contributed by atoms with Gasteiger partial charge < -0.3 is 15.8 Å². The number of benzene rings is 1. The van der Waals surface area contributed by atoms with Crippen molar-refractivity contribution in [3.63, 3.8) is 0 Å². The molecule has 1 aromatic heterocycles. The monoisotopic (exact) mass is 274 g/mol. The van der Waals surface area contributed by atoms with E-state index in [0.29, 0.717) is 6.54 Å². The van der Waals surface area contributed by atoms with E-state index < -0.39 is 6.10 Å². The average molecular weight is 274 g/mol. The molecule has 0 spiro atoms. The Hall–Kier alpha value is -2.18. The lowest BCUT2D eigenvalue weighted by Crippen LogP contribution is -2.35. The molecule has 0 aliphatic carbocycles. The first-order chi connectivity index (χ1) is 9.72. The van der Waals surface area contributed by atoms with Gasteiger partial charge in [-0.15, -0.1) is 0 Å². The largest absolute Gasteiger partial charge is 0.370 e. The predicted octanol–water partition coefficient (Wildman–Crippen LogP) is 0.844. The molecule has 6 nitrogen and oxygen atoms in total. The van der Waals surface area contributed by atoms with Crippen molar-refractivity contribution in [2.75, 3.05) is 19.0 Å². The number of hydrogen-bond donors (Lipinski definition) is 2. The van der Waals surface area contributed by atoms with E-state index in [4.69, 9.17) is 10.5 Å². The normalized spacial score (nSPS) is 12.1. The molecule has 0 radical (unpaired) electrons. The van der Waals surface area contributed by atoms with Crippen LogP contribution in [0.1, 0.15) is 5.56 Å². The van der Waals surface area contributed by atoms with Crippen LogP contribution in [0.5, 0.6) is 0 Å². The molecule has 2 aromatic rings. The first-order valence-electron chi connectivity index (χ1n) is 6.33. The summed E-state index contributed by atoms with van der Waals surface area (Å²) >= 11 is 0. The van der Waals surface area contributed by atoms with Crippen LogP contribution in [0, 0.1) is 0 Å². The van der Waals surface area contributed by atoms with Gasteiger partial charge in [-0.1, -0.05) is 12.1 Å². The predicted molar refractivity (Wildman–Crippen MR) is 76.3 cm³/mol. The summed E-state index contributed by atoms with van der Waals surface area (Å²) in [4.78, 5) is 11.9. The fourth-order valence-electron chi connectivity index (χ4n) is 1.86. The second kappa shape index (κ2) is 6.83. The Labute approximate surface area is 117 Å². The Balaban J connectivity index is 2.04. The van der Waals surface area contributed by atoms with E-state index in [-0.39, 0.29) is 12.5 Å². The van der Waals surface area contributed by atoms with Crippen LogP contribution in [0.3, 0.4) is 0 Å². The lowest BCUT2D eigenvalue weighted by Gasteiger charge is -2.13. The van der Waals surface area contributed by atoms with Crippen molar-refractivity contribution in [1.82, 2.24) is 9.78 Å². The second-order valence-corrected chi connectivity index (χ2v) is 4.35. The summed E-state index contributed by atoms with van der Waals surface area (Å²) in [6.45, 7) is 0.802. The van der Waals surface area contributed by atoms with Crippen molar-refractivity contribution in [2.45, 2.75) is 12.6 Å². The molecule has 0 fully saturated rings. The van der Waals surface area contributed by atoms with Crippen molar-refractivity contribution in [3.8, 4) is 0 Å². The molecular formula is C14H18N4O2. The van der Waals surface area contributed by atoms with Crippen molar-refractivity contribution < 1.29 is 9.53 Å². The Kier molecular flexibility index (Phi) is 4.86. The van der Waals surface area contributed by atoms with E-state index in [2.05, 4.69) is 10.4 Å². The highest BCUT2D eigenvalue weighted by Crippen LogP contribution is 2.12. The number of nitrogens with zero attached hydrogens (tertiary/aromatic N) is 2. The fourth-order valence-corrected chi connectivity index (χ4v) is 1.86. The zero-order valence-corrected chi connectivity index (χ0v) is 11.3. The van der Waals surface area contributed by atoms with E-state index >= 15 is 0 Å². The van der Waals surface area contributed by atoms with Crippen LogP contribution in [0.25, 0.3) is 0 Å². The minimum absolute atomic E-state index is 0.148. The molecule has 0 saturated carbocycles. The molecule has 6 heteroatoms. The zero-order chi connectivity index (χ0) is 14.4. The average Bonchev–Trinajstić information content (AvgIpc) is 2.93. The number of methoxy groups -OCH3 is 1. The molecule has 1 atom stereocenters. The first kappa shape index (κ1) is 14.2. The lowest BCUT2D eigenvalue weighted by atomic mass is 10.2. The van der Waals surface area contributed by atoms with Gasteiger partial charge in [0.05, 0.1) is 6.54 Å². The van der Waals surface area contributed by atoms with E-state index in [1.807, 2.05) is 41.2 Å².